The fourth-order valence-corrected chi connectivity index (χ4v) is 1.88. The molecule has 0 bridgehead atoms. The molecule has 1 aromatic heterocycles. The van der Waals surface area contributed by atoms with Gasteiger partial charge in [-0.1, -0.05) is 30.3 Å². The molecule has 0 fully saturated rings. The monoisotopic (exact) mass is 290 g/mol. The Kier molecular flexibility index (Phi) is 3.62. The highest BCUT2D eigenvalue weighted by atomic mass is 16.4. The zero-order chi connectivity index (χ0) is 15.4. The van der Waals surface area contributed by atoms with Gasteiger partial charge in [-0.25, -0.2) is 0 Å². The van der Waals surface area contributed by atoms with Crippen LogP contribution in [-0.2, 0) is 0 Å². The molecule has 2 aromatic carbocycles. The smallest absolute Gasteiger partial charge is 0.313 e. The summed E-state index contributed by atoms with van der Waals surface area (Å²) in [5.74, 6) is -0.455. The van der Waals surface area contributed by atoms with Gasteiger partial charge in [0.1, 0.15) is 6.07 Å². The number of anilines is 1. The predicted molar refractivity (Wildman–Crippen MR) is 78.8 cm³/mol. The molecule has 1 amide bonds. The number of nitrogens with zero attached hydrogens (tertiary/aromatic N) is 3. The van der Waals surface area contributed by atoms with Crippen molar-refractivity contribution in [2.75, 3.05) is 5.32 Å². The normalized spacial score (nSPS) is 9.95. The second kappa shape index (κ2) is 5.89. The van der Waals surface area contributed by atoms with Crippen molar-refractivity contribution in [1.82, 2.24) is 10.2 Å². The number of amides is 1. The van der Waals surface area contributed by atoms with Crippen LogP contribution >= 0.6 is 0 Å². The Hall–Kier alpha value is -3.46. The molecule has 22 heavy (non-hydrogen) atoms. The summed E-state index contributed by atoms with van der Waals surface area (Å²) >= 11 is 0. The molecule has 6 heteroatoms. The highest BCUT2D eigenvalue weighted by molar-refractivity contribution is 6.01. The number of carbonyl (C=O) groups excluding carboxylic acids is 1. The van der Waals surface area contributed by atoms with E-state index >= 15 is 0 Å². The summed E-state index contributed by atoms with van der Waals surface area (Å²) in [4.78, 5) is 12.1. The van der Waals surface area contributed by atoms with E-state index in [1.54, 1.807) is 36.4 Å². The summed E-state index contributed by atoms with van der Waals surface area (Å²) in [6.45, 7) is 0. The fraction of sp³-hybridized carbons (Fsp3) is 0. The van der Waals surface area contributed by atoms with Crippen LogP contribution in [0.25, 0.3) is 11.5 Å². The number of hydrogen-bond donors (Lipinski definition) is 1. The van der Waals surface area contributed by atoms with Crippen LogP contribution in [0.1, 0.15) is 16.2 Å². The second-order valence-electron chi connectivity index (χ2n) is 4.39. The van der Waals surface area contributed by atoms with Crippen LogP contribution in [0.3, 0.4) is 0 Å². The van der Waals surface area contributed by atoms with E-state index < -0.39 is 5.91 Å². The van der Waals surface area contributed by atoms with Crippen molar-refractivity contribution in [2.45, 2.75) is 0 Å². The average molecular weight is 290 g/mol. The van der Waals surface area contributed by atoms with E-state index in [0.717, 1.165) is 5.56 Å². The molecule has 3 aromatic rings. The first-order chi connectivity index (χ1) is 10.8. The number of rotatable bonds is 3. The van der Waals surface area contributed by atoms with Crippen LogP contribution < -0.4 is 5.32 Å². The summed E-state index contributed by atoms with van der Waals surface area (Å²) in [6, 6.07) is 17.8. The molecule has 0 aliphatic rings. The summed E-state index contributed by atoms with van der Waals surface area (Å²) in [7, 11) is 0. The second-order valence-corrected chi connectivity index (χ2v) is 4.39. The Labute approximate surface area is 126 Å². The summed E-state index contributed by atoms with van der Waals surface area (Å²) in [5.41, 5.74) is 1.49. The maximum Gasteiger partial charge on any atom is 0.313 e. The van der Waals surface area contributed by atoms with Gasteiger partial charge >= 0.3 is 11.8 Å². The number of benzene rings is 2. The van der Waals surface area contributed by atoms with Gasteiger partial charge in [0.15, 0.2) is 0 Å². The van der Waals surface area contributed by atoms with E-state index in [4.69, 9.17) is 9.68 Å². The van der Waals surface area contributed by atoms with Crippen LogP contribution in [0.2, 0.25) is 0 Å². The number of nitriles is 1. The molecule has 1 N–H and O–H groups in total. The predicted octanol–water partition coefficient (Wildman–Crippen LogP) is 2.86. The van der Waals surface area contributed by atoms with Gasteiger partial charge in [0.2, 0.25) is 5.89 Å². The molecule has 0 spiro atoms. The molecule has 3 rings (SSSR count). The molecule has 0 aliphatic heterocycles. The molecule has 0 unspecified atom stereocenters. The van der Waals surface area contributed by atoms with Crippen LogP contribution in [-0.4, -0.2) is 16.1 Å². The van der Waals surface area contributed by atoms with Gasteiger partial charge in [0, 0.05) is 5.56 Å². The number of aromatic nitrogens is 2. The molecule has 106 valence electrons. The lowest BCUT2D eigenvalue weighted by molar-refractivity contribution is 0.0991. The number of para-hydroxylation sites is 1. The first kappa shape index (κ1) is 13.5. The maximum absolute atomic E-state index is 12.1. The van der Waals surface area contributed by atoms with Gasteiger partial charge in [0.05, 0.1) is 11.3 Å². The van der Waals surface area contributed by atoms with E-state index in [-0.39, 0.29) is 11.8 Å². The molecule has 0 saturated heterocycles. The molecule has 1 heterocycles. The van der Waals surface area contributed by atoms with Crippen molar-refractivity contribution in [1.29, 1.82) is 5.26 Å². The van der Waals surface area contributed by atoms with Crippen LogP contribution in [0.5, 0.6) is 0 Å². The molecule has 0 atom stereocenters. The lowest BCUT2D eigenvalue weighted by Gasteiger charge is -2.03. The largest absolute Gasteiger partial charge is 0.412 e. The standard InChI is InChI=1S/C16H10N4O2/c17-10-12-8-4-5-9-13(12)18-14(21)16-20-19-15(22-16)11-6-2-1-3-7-11/h1-9H,(H,18,21). The molecular formula is C16H10N4O2. The third-order valence-corrected chi connectivity index (χ3v) is 2.94. The van der Waals surface area contributed by atoms with Crippen LogP contribution in [0.4, 0.5) is 5.69 Å². The van der Waals surface area contributed by atoms with Gasteiger partial charge in [-0.3, -0.25) is 4.79 Å². The van der Waals surface area contributed by atoms with Gasteiger partial charge in [0.25, 0.3) is 0 Å². The zero-order valence-electron chi connectivity index (χ0n) is 11.4. The minimum Gasteiger partial charge on any atom is -0.412 e. The number of carbonyl (C=O) groups is 1. The van der Waals surface area contributed by atoms with Crippen molar-refractivity contribution in [3.8, 4) is 17.5 Å². The molecular weight excluding hydrogens is 280 g/mol. The topological polar surface area (TPSA) is 91.8 Å². The molecule has 6 nitrogen and oxygen atoms in total. The highest BCUT2D eigenvalue weighted by Gasteiger charge is 2.17. The highest BCUT2D eigenvalue weighted by Crippen LogP contribution is 2.18. The Morgan fingerprint density at radius 1 is 1.05 bits per heavy atom. The fourth-order valence-electron chi connectivity index (χ4n) is 1.88. The van der Waals surface area contributed by atoms with Gasteiger partial charge in [-0.2, -0.15) is 5.26 Å². The average Bonchev–Trinajstić information content (AvgIpc) is 3.06. The number of hydrogen-bond acceptors (Lipinski definition) is 5. The van der Waals surface area contributed by atoms with Crippen molar-refractivity contribution in [3.05, 3.63) is 66.1 Å². The molecule has 0 radical (unpaired) electrons. The third kappa shape index (κ3) is 2.69. The Bertz CT molecular complexity index is 850. The number of nitrogens with one attached hydrogen (secondary N) is 1. The first-order valence-corrected chi connectivity index (χ1v) is 6.47. The third-order valence-electron chi connectivity index (χ3n) is 2.94. The summed E-state index contributed by atoms with van der Waals surface area (Å²) in [6.07, 6.45) is 0. The van der Waals surface area contributed by atoms with Gasteiger partial charge in [-0.15, -0.1) is 10.2 Å². The van der Waals surface area contributed by atoms with E-state index in [1.807, 2.05) is 24.3 Å². The summed E-state index contributed by atoms with van der Waals surface area (Å²) < 4.78 is 5.36. The van der Waals surface area contributed by atoms with Crippen molar-refractivity contribution >= 4 is 11.6 Å². The summed E-state index contributed by atoms with van der Waals surface area (Å²) in [5, 5.41) is 19.2. The van der Waals surface area contributed by atoms with Crippen molar-refractivity contribution in [3.63, 3.8) is 0 Å². The first-order valence-electron chi connectivity index (χ1n) is 6.47. The minimum atomic E-state index is -0.558. The van der Waals surface area contributed by atoms with E-state index in [9.17, 15) is 4.79 Å². The lowest BCUT2D eigenvalue weighted by atomic mass is 10.2. The van der Waals surface area contributed by atoms with Crippen LogP contribution in [0.15, 0.2) is 59.0 Å². The van der Waals surface area contributed by atoms with E-state index in [0.29, 0.717) is 11.3 Å². The maximum atomic E-state index is 12.1. The van der Waals surface area contributed by atoms with E-state index in [2.05, 4.69) is 15.5 Å². The van der Waals surface area contributed by atoms with Gasteiger partial charge in [-0.05, 0) is 24.3 Å². The van der Waals surface area contributed by atoms with Crippen LogP contribution in [0, 0.1) is 11.3 Å². The quantitative estimate of drug-likeness (QED) is 0.800. The Morgan fingerprint density at radius 2 is 1.77 bits per heavy atom. The van der Waals surface area contributed by atoms with Crippen molar-refractivity contribution in [2.24, 2.45) is 0 Å². The molecule has 0 aliphatic carbocycles. The van der Waals surface area contributed by atoms with Gasteiger partial charge < -0.3 is 9.73 Å². The van der Waals surface area contributed by atoms with Crippen molar-refractivity contribution < 1.29 is 9.21 Å². The Morgan fingerprint density at radius 3 is 2.55 bits per heavy atom. The SMILES string of the molecule is N#Cc1ccccc1NC(=O)c1nnc(-c2ccccc2)o1. The lowest BCUT2D eigenvalue weighted by Crippen LogP contribution is -2.13. The molecule has 0 saturated carbocycles. The van der Waals surface area contributed by atoms with E-state index in [1.165, 1.54) is 0 Å². The Balaban J connectivity index is 1.82. The minimum absolute atomic E-state index is 0.161. The zero-order valence-corrected chi connectivity index (χ0v) is 11.4.